The summed E-state index contributed by atoms with van der Waals surface area (Å²) in [4.78, 5) is 12.2. The number of carbonyl (C=O) groups excluding carboxylic acids is 1. The number of halogens is 1. The van der Waals surface area contributed by atoms with E-state index in [0.717, 1.165) is 17.7 Å². The zero-order valence-corrected chi connectivity index (χ0v) is 13.6. The van der Waals surface area contributed by atoms with Crippen LogP contribution in [0.4, 0.5) is 0 Å². The first kappa shape index (κ1) is 16.4. The number of hydrogen-bond acceptors (Lipinski definition) is 2. The van der Waals surface area contributed by atoms with Crippen LogP contribution in [0.2, 0.25) is 5.02 Å². The highest BCUT2D eigenvalue weighted by atomic mass is 35.5. The van der Waals surface area contributed by atoms with Gasteiger partial charge in [0.05, 0.1) is 6.04 Å². The van der Waals surface area contributed by atoms with Gasteiger partial charge in [-0.15, -0.1) is 0 Å². The summed E-state index contributed by atoms with van der Waals surface area (Å²) in [5.41, 5.74) is 1.74. The van der Waals surface area contributed by atoms with Gasteiger partial charge in [-0.3, -0.25) is 4.79 Å². The highest BCUT2D eigenvalue weighted by Gasteiger charge is 2.13. The SMILES string of the molecule is CC[C@@H](COc1cccc(C)c1)NC(=O)c1ccc(Cl)cc1. The lowest BCUT2D eigenvalue weighted by atomic mass is 10.1. The second-order valence-corrected chi connectivity index (χ2v) is 5.65. The second kappa shape index (κ2) is 7.85. The van der Waals surface area contributed by atoms with E-state index in [0.29, 0.717) is 17.2 Å². The molecule has 0 spiro atoms. The molecule has 0 saturated heterocycles. The Balaban J connectivity index is 1.91. The smallest absolute Gasteiger partial charge is 0.251 e. The van der Waals surface area contributed by atoms with Crippen molar-refractivity contribution in [1.29, 1.82) is 0 Å². The summed E-state index contributed by atoms with van der Waals surface area (Å²) in [7, 11) is 0. The van der Waals surface area contributed by atoms with Crippen molar-refractivity contribution in [3.8, 4) is 5.75 Å². The Labute approximate surface area is 136 Å². The van der Waals surface area contributed by atoms with Crippen LogP contribution in [0.25, 0.3) is 0 Å². The Morgan fingerprint density at radius 2 is 1.95 bits per heavy atom. The minimum Gasteiger partial charge on any atom is -0.491 e. The number of ether oxygens (including phenoxy) is 1. The highest BCUT2D eigenvalue weighted by Crippen LogP contribution is 2.13. The monoisotopic (exact) mass is 317 g/mol. The van der Waals surface area contributed by atoms with Gasteiger partial charge in [0.25, 0.3) is 5.91 Å². The van der Waals surface area contributed by atoms with Crippen molar-refractivity contribution in [3.63, 3.8) is 0 Å². The molecule has 2 rings (SSSR count). The summed E-state index contributed by atoms with van der Waals surface area (Å²) in [5.74, 6) is 0.704. The summed E-state index contributed by atoms with van der Waals surface area (Å²) in [5, 5.41) is 3.60. The van der Waals surface area contributed by atoms with Crippen molar-refractivity contribution in [2.24, 2.45) is 0 Å². The lowest BCUT2D eigenvalue weighted by molar-refractivity contribution is 0.0920. The van der Waals surface area contributed by atoms with E-state index in [9.17, 15) is 4.79 Å². The van der Waals surface area contributed by atoms with Gasteiger partial charge < -0.3 is 10.1 Å². The van der Waals surface area contributed by atoms with Crippen LogP contribution in [0.5, 0.6) is 5.75 Å². The fourth-order valence-corrected chi connectivity index (χ4v) is 2.16. The largest absolute Gasteiger partial charge is 0.491 e. The molecule has 0 unspecified atom stereocenters. The van der Waals surface area contributed by atoms with Gasteiger partial charge in [-0.05, 0) is 55.3 Å². The first-order valence-corrected chi connectivity index (χ1v) is 7.72. The van der Waals surface area contributed by atoms with E-state index < -0.39 is 0 Å². The van der Waals surface area contributed by atoms with Gasteiger partial charge in [0.1, 0.15) is 12.4 Å². The number of rotatable bonds is 6. The molecular formula is C18H20ClNO2. The van der Waals surface area contributed by atoms with E-state index in [-0.39, 0.29) is 11.9 Å². The highest BCUT2D eigenvalue weighted by molar-refractivity contribution is 6.30. The van der Waals surface area contributed by atoms with E-state index in [1.54, 1.807) is 24.3 Å². The molecule has 0 heterocycles. The first-order valence-electron chi connectivity index (χ1n) is 7.34. The van der Waals surface area contributed by atoms with Gasteiger partial charge in [0.2, 0.25) is 0 Å². The number of benzene rings is 2. The van der Waals surface area contributed by atoms with Crippen LogP contribution in [0, 0.1) is 6.92 Å². The molecule has 0 saturated carbocycles. The number of aryl methyl sites for hydroxylation is 1. The summed E-state index contributed by atoms with van der Waals surface area (Å²) in [6.45, 7) is 4.48. The van der Waals surface area contributed by atoms with Gasteiger partial charge >= 0.3 is 0 Å². The average molecular weight is 318 g/mol. The Morgan fingerprint density at radius 3 is 2.59 bits per heavy atom. The minimum atomic E-state index is -0.114. The molecule has 0 aliphatic heterocycles. The predicted octanol–water partition coefficient (Wildman–Crippen LogP) is 4.24. The number of amides is 1. The van der Waals surface area contributed by atoms with Crippen molar-refractivity contribution < 1.29 is 9.53 Å². The molecule has 1 amide bonds. The third-order valence-electron chi connectivity index (χ3n) is 3.38. The maximum atomic E-state index is 12.2. The molecule has 4 heteroatoms. The molecule has 0 fully saturated rings. The molecular weight excluding hydrogens is 298 g/mol. The van der Waals surface area contributed by atoms with E-state index in [2.05, 4.69) is 5.32 Å². The van der Waals surface area contributed by atoms with Crippen LogP contribution in [0.1, 0.15) is 29.3 Å². The Morgan fingerprint density at radius 1 is 1.23 bits per heavy atom. The molecule has 0 aliphatic rings. The van der Waals surface area contributed by atoms with E-state index in [4.69, 9.17) is 16.3 Å². The van der Waals surface area contributed by atoms with Crippen LogP contribution in [-0.4, -0.2) is 18.6 Å². The van der Waals surface area contributed by atoms with Gasteiger partial charge in [-0.1, -0.05) is 30.7 Å². The predicted molar refractivity (Wildman–Crippen MR) is 89.7 cm³/mol. The lowest BCUT2D eigenvalue weighted by Gasteiger charge is -2.18. The maximum absolute atomic E-state index is 12.2. The molecule has 116 valence electrons. The topological polar surface area (TPSA) is 38.3 Å². The van der Waals surface area contributed by atoms with Crippen LogP contribution in [0.3, 0.4) is 0 Å². The summed E-state index contributed by atoms with van der Waals surface area (Å²) in [6, 6.07) is 14.7. The zero-order valence-electron chi connectivity index (χ0n) is 12.8. The first-order chi connectivity index (χ1) is 10.6. The second-order valence-electron chi connectivity index (χ2n) is 5.21. The third-order valence-corrected chi connectivity index (χ3v) is 3.63. The van der Waals surface area contributed by atoms with Gasteiger partial charge in [0, 0.05) is 10.6 Å². The Kier molecular flexibility index (Phi) is 5.84. The molecule has 22 heavy (non-hydrogen) atoms. The minimum absolute atomic E-state index is 0.0382. The Hall–Kier alpha value is -2.00. The molecule has 0 radical (unpaired) electrons. The third kappa shape index (κ3) is 4.78. The molecule has 0 aromatic heterocycles. The molecule has 2 aromatic carbocycles. The van der Waals surface area contributed by atoms with E-state index >= 15 is 0 Å². The molecule has 0 aliphatic carbocycles. The van der Waals surface area contributed by atoms with E-state index in [1.807, 2.05) is 38.1 Å². The summed E-state index contributed by atoms with van der Waals surface area (Å²) < 4.78 is 5.76. The normalized spacial score (nSPS) is 11.8. The standard InChI is InChI=1S/C18H20ClNO2/c1-3-16(12-22-17-6-4-5-13(2)11-17)20-18(21)14-7-9-15(19)10-8-14/h4-11,16H,3,12H2,1-2H3,(H,20,21)/t16-/m0/s1. The summed E-state index contributed by atoms with van der Waals surface area (Å²) in [6.07, 6.45) is 0.797. The number of hydrogen-bond donors (Lipinski definition) is 1. The van der Waals surface area contributed by atoms with Gasteiger partial charge in [-0.25, -0.2) is 0 Å². The quantitative estimate of drug-likeness (QED) is 0.865. The molecule has 1 N–H and O–H groups in total. The van der Waals surface area contributed by atoms with Gasteiger partial charge in [0.15, 0.2) is 0 Å². The fraction of sp³-hybridized carbons (Fsp3) is 0.278. The number of carbonyl (C=O) groups is 1. The van der Waals surface area contributed by atoms with Crippen molar-refractivity contribution in [2.45, 2.75) is 26.3 Å². The molecule has 0 bridgehead atoms. The van der Waals surface area contributed by atoms with Crippen molar-refractivity contribution >= 4 is 17.5 Å². The molecule has 1 atom stereocenters. The molecule has 2 aromatic rings. The zero-order chi connectivity index (χ0) is 15.9. The van der Waals surface area contributed by atoms with Crippen molar-refractivity contribution in [1.82, 2.24) is 5.32 Å². The molecule has 3 nitrogen and oxygen atoms in total. The average Bonchev–Trinajstić information content (AvgIpc) is 2.52. The van der Waals surface area contributed by atoms with Gasteiger partial charge in [-0.2, -0.15) is 0 Å². The van der Waals surface area contributed by atoms with Crippen LogP contribution in [-0.2, 0) is 0 Å². The fourth-order valence-electron chi connectivity index (χ4n) is 2.03. The Bertz CT molecular complexity index is 625. The van der Waals surface area contributed by atoms with Crippen LogP contribution >= 0.6 is 11.6 Å². The maximum Gasteiger partial charge on any atom is 0.251 e. The van der Waals surface area contributed by atoms with Crippen molar-refractivity contribution in [2.75, 3.05) is 6.61 Å². The lowest BCUT2D eigenvalue weighted by Crippen LogP contribution is -2.38. The van der Waals surface area contributed by atoms with E-state index in [1.165, 1.54) is 0 Å². The van der Waals surface area contributed by atoms with Crippen LogP contribution < -0.4 is 10.1 Å². The number of nitrogens with one attached hydrogen (secondary N) is 1. The summed E-state index contributed by atoms with van der Waals surface area (Å²) >= 11 is 5.83. The van der Waals surface area contributed by atoms with Crippen molar-refractivity contribution in [3.05, 3.63) is 64.7 Å². The van der Waals surface area contributed by atoms with Crippen LogP contribution in [0.15, 0.2) is 48.5 Å².